The highest BCUT2D eigenvalue weighted by Crippen LogP contribution is 2.22. The average molecular weight is 391 g/mol. The highest BCUT2D eigenvalue weighted by molar-refractivity contribution is 6.17. The first-order valence-corrected chi connectivity index (χ1v) is 9.20. The minimum Gasteiger partial charge on any atom is -0.457 e. The number of ether oxygens (including phenoxy) is 1. The molecule has 7 heteroatoms. The van der Waals surface area contributed by atoms with Crippen molar-refractivity contribution in [2.45, 2.75) is 19.4 Å². The van der Waals surface area contributed by atoms with Crippen LogP contribution in [0.4, 0.5) is 5.69 Å². The Hall–Kier alpha value is -2.57. The lowest BCUT2D eigenvalue weighted by molar-refractivity contribution is -0.136. The molecule has 0 radical (unpaired) electrons. The Morgan fingerprint density at radius 2 is 1.67 bits per heavy atom. The maximum absolute atomic E-state index is 12.2. The summed E-state index contributed by atoms with van der Waals surface area (Å²) in [5, 5.41) is 15.3. The lowest BCUT2D eigenvalue weighted by Crippen LogP contribution is -2.42. The standard InChI is InChI=1S/C20H23ClN2O4/c1-14(19(25)22-13-5-12-21)18(24)20(26)23-15-8-10-17(11-9-15)27-16-6-3-2-4-7-16/h2-4,6-11,14,18,24H,5,12-13H2,1H3,(H,22,25)(H,23,26)/t14-,18-/m1/s1. The SMILES string of the molecule is C[C@@H](C(=O)NCCCCl)[C@@H](O)C(=O)Nc1ccc(Oc2ccccc2)cc1. The number of para-hydroxylation sites is 1. The van der Waals surface area contributed by atoms with E-state index >= 15 is 0 Å². The molecule has 0 aliphatic rings. The van der Waals surface area contributed by atoms with E-state index < -0.39 is 23.8 Å². The highest BCUT2D eigenvalue weighted by atomic mass is 35.5. The summed E-state index contributed by atoms with van der Waals surface area (Å²) in [7, 11) is 0. The summed E-state index contributed by atoms with van der Waals surface area (Å²) in [6, 6.07) is 16.1. The first-order valence-electron chi connectivity index (χ1n) is 8.67. The quantitative estimate of drug-likeness (QED) is 0.453. The van der Waals surface area contributed by atoms with Crippen LogP contribution in [-0.2, 0) is 9.59 Å². The maximum atomic E-state index is 12.2. The minimum absolute atomic E-state index is 0.394. The number of aliphatic hydroxyl groups is 1. The number of hydrogen-bond acceptors (Lipinski definition) is 4. The van der Waals surface area contributed by atoms with Gasteiger partial charge in [0.05, 0.1) is 5.92 Å². The molecule has 2 amide bonds. The van der Waals surface area contributed by atoms with Gasteiger partial charge in [-0.15, -0.1) is 11.6 Å². The van der Waals surface area contributed by atoms with Gasteiger partial charge in [-0.25, -0.2) is 0 Å². The smallest absolute Gasteiger partial charge is 0.254 e. The summed E-state index contributed by atoms with van der Waals surface area (Å²) >= 11 is 5.55. The van der Waals surface area contributed by atoms with E-state index in [2.05, 4.69) is 10.6 Å². The van der Waals surface area contributed by atoms with Crippen molar-refractivity contribution in [1.82, 2.24) is 5.32 Å². The van der Waals surface area contributed by atoms with E-state index in [1.54, 1.807) is 24.3 Å². The normalized spacial score (nSPS) is 12.7. The third-order valence-corrected chi connectivity index (χ3v) is 4.13. The molecule has 0 aliphatic carbocycles. The fourth-order valence-corrected chi connectivity index (χ4v) is 2.39. The minimum atomic E-state index is -1.46. The number of rotatable bonds is 9. The van der Waals surface area contributed by atoms with Crippen molar-refractivity contribution in [1.29, 1.82) is 0 Å². The first-order chi connectivity index (χ1) is 13.0. The van der Waals surface area contributed by atoms with E-state index in [1.165, 1.54) is 6.92 Å². The molecule has 3 N–H and O–H groups in total. The Morgan fingerprint density at radius 1 is 1.04 bits per heavy atom. The molecular weight excluding hydrogens is 368 g/mol. The van der Waals surface area contributed by atoms with Crippen molar-refractivity contribution in [2.75, 3.05) is 17.7 Å². The van der Waals surface area contributed by atoms with E-state index in [0.29, 0.717) is 36.0 Å². The summed E-state index contributed by atoms with van der Waals surface area (Å²) in [6.07, 6.45) is -0.832. The van der Waals surface area contributed by atoms with E-state index in [0.717, 1.165) is 0 Å². The van der Waals surface area contributed by atoms with Gasteiger partial charge in [0.15, 0.2) is 0 Å². The topological polar surface area (TPSA) is 87.7 Å². The predicted octanol–water partition coefficient (Wildman–Crippen LogP) is 3.16. The number of halogens is 1. The van der Waals surface area contributed by atoms with Crippen LogP contribution in [0.25, 0.3) is 0 Å². The lowest BCUT2D eigenvalue weighted by Gasteiger charge is -2.18. The van der Waals surface area contributed by atoms with Crippen LogP contribution in [0, 0.1) is 5.92 Å². The Morgan fingerprint density at radius 3 is 2.30 bits per heavy atom. The number of hydrogen-bond donors (Lipinski definition) is 3. The van der Waals surface area contributed by atoms with Crippen molar-refractivity contribution >= 4 is 29.1 Å². The van der Waals surface area contributed by atoms with Gasteiger partial charge in [-0.2, -0.15) is 0 Å². The van der Waals surface area contributed by atoms with Gasteiger partial charge in [-0.3, -0.25) is 9.59 Å². The van der Waals surface area contributed by atoms with Crippen LogP contribution in [0.1, 0.15) is 13.3 Å². The molecule has 27 heavy (non-hydrogen) atoms. The molecule has 2 aromatic rings. The van der Waals surface area contributed by atoms with Crippen LogP contribution in [-0.4, -0.2) is 35.4 Å². The summed E-state index contributed by atoms with van der Waals surface area (Å²) in [6.45, 7) is 1.90. The van der Waals surface area contributed by atoms with Crippen LogP contribution in [0.2, 0.25) is 0 Å². The number of alkyl halides is 1. The van der Waals surface area contributed by atoms with Gasteiger partial charge in [0.2, 0.25) is 5.91 Å². The highest BCUT2D eigenvalue weighted by Gasteiger charge is 2.28. The van der Waals surface area contributed by atoms with Gasteiger partial charge in [0.25, 0.3) is 5.91 Å². The van der Waals surface area contributed by atoms with E-state index in [-0.39, 0.29) is 0 Å². The fraction of sp³-hybridized carbons (Fsp3) is 0.300. The van der Waals surface area contributed by atoms with Gasteiger partial charge in [-0.1, -0.05) is 25.1 Å². The second kappa shape index (κ2) is 10.5. The summed E-state index contributed by atoms with van der Waals surface area (Å²) in [4.78, 5) is 24.1. The molecule has 2 aromatic carbocycles. The molecule has 2 rings (SSSR count). The van der Waals surface area contributed by atoms with E-state index in [4.69, 9.17) is 16.3 Å². The molecule has 0 heterocycles. The molecule has 6 nitrogen and oxygen atoms in total. The van der Waals surface area contributed by atoms with Crippen LogP contribution in [0.15, 0.2) is 54.6 Å². The van der Waals surface area contributed by atoms with Gasteiger partial charge < -0.3 is 20.5 Å². The molecule has 0 saturated carbocycles. The second-order valence-electron chi connectivity index (χ2n) is 6.00. The van der Waals surface area contributed by atoms with Gasteiger partial charge >= 0.3 is 0 Å². The zero-order chi connectivity index (χ0) is 19.6. The van der Waals surface area contributed by atoms with Crippen molar-refractivity contribution in [3.05, 3.63) is 54.6 Å². The second-order valence-corrected chi connectivity index (χ2v) is 6.37. The molecular formula is C20H23ClN2O4. The zero-order valence-electron chi connectivity index (χ0n) is 15.0. The van der Waals surface area contributed by atoms with Gasteiger partial charge in [-0.05, 0) is 42.8 Å². The zero-order valence-corrected chi connectivity index (χ0v) is 15.8. The van der Waals surface area contributed by atoms with Gasteiger partial charge in [0, 0.05) is 18.1 Å². The predicted molar refractivity (Wildman–Crippen MR) is 105 cm³/mol. The molecule has 0 aliphatic heterocycles. The number of amides is 2. The number of carbonyl (C=O) groups is 2. The van der Waals surface area contributed by atoms with Crippen LogP contribution in [0.5, 0.6) is 11.5 Å². The molecule has 0 aromatic heterocycles. The largest absolute Gasteiger partial charge is 0.457 e. The first kappa shape index (κ1) is 20.7. The Labute approximate surface area is 163 Å². The van der Waals surface area contributed by atoms with Crippen molar-refractivity contribution in [3.8, 4) is 11.5 Å². The number of anilines is 1. The van der Waals surface area contributed by atoms with Crippen molar-refractivity contribution in [3.63, 3.8) is 0 Å². The lowest BCUT2D eigenvalue weighted by atomic mass is 10.0. The average Bonchev–Trinajstić information content (AvgIpc) is 2.69. The fourth-order valence-electron chi connectivity index (χ4n) is 2.26. The number of nitrogens with one attached hydrogen (secondary N) is 2. The summed E-state index contributed by atoms with van der Waals surface area (Å²) < 4.78 is 5.68. The number of carbonyl (C=O) groups excluding carboxylic acids is 2. The monoisotopic (exact) mass is 390 g/mol. The van der Waals surface area contributed by atoms with Crippen molar-refractivity contribution < 1.29 is 19.4 Å². The number of aliphatic hydroxyl groups excluding tert-OH is 1. The van der Waals surface area contributed by atoms with Gasteiger partial charge in [0.1, 0.15) is 17.6 Å². The van der Waals surface area contributed by atoms with Crippen LogP contribution >= 0.6 is 11.6 Å². The molecule has 0 fully saturated rings. The third kappa shape index (κ3) is 6.58. The van der Waals surface area contributed by atoms with Crippen molar-refractivity contribution in [2.24, 2.45) is 5.92 Å². The van der Waals surface area contributed by atoms with Crippen LogP contribution < -0.4 is 15.4 Å². The third-order valence-electron chi connectivity index (χ3n) is 3.87. The molecule has 2 atom stereocenters. The molecule has 0 unspecified atom stereocenters. The Kier molecular flexibility index (Phi) is 8.10. The molecule has 0 spiro atoms. The number of benzene rings is 2. The molecule has 0 bridgehead atoms. The summed E-state index contributed by atoms with van der Waals surface area (Å²) in [5.41, 5.74) is 0.495. The molecule has 0 saturated heterocycles. The maximum Gasteiger partial charge on any atom is 0.254 e. The Bertz CT molecular complexity index is 737. The molecule has 144 valence electrons. The van der Waals surface area contributed by atoms with E-state index in [1.807, 2.05) is 30.3 Å². The van der Waals surface area contributed by atoms with Crippen LogP contribution in [0.3, 0.4) is 0 Å². The Balaban J connectivity index is 1.88. The van der Waals surface area contributed by atoms with E-state index in [9.17, 15) is 14.7 Å². The summed E-state index contributed by atoms with van der Waals surface area (Å²) in [5.74, 6) is -0.158.